The molecule has 0 saturated carbocycles. The molecule has 56 heavy (non-hydrogen) atoms. The first kappa shape index (κ1) is 37.5. The highest BCUT2D eigenvalue weighted by atomic mass is 14.1. The summed E-state index contributed by atoms with van der Waals surface area (Å²) >= 11 is 0. The second-order valence-corrected chi connectivity index (χ2v) is 16.2. The Bertz CT molecular complexity index is 1740. The second kappa shape index (κ2) is 18.9. The Balaban J connectivity index is 0.983. The van der Waals surface area contributed by atoms with Crippen molar-refractivity contribution in [2.24, 2.45) is 0 Å². The molecule has 0 aliphatic heterocycles. The van der Waals surface area contributed by atoms with E-state index in [-0.39, 0.29) is 0 Å². The van der Waals surface area contributed by atoms with Crippen LogP contribution in [-0.4, -0.2) is 0 Å². The molecule has 0 heteroatoms. The lowest BCUT2D eigenvalue weighted by Gasteiger charge is -2.10. The zero-order valence-electron chi connectivity index (χ0n) is 33.1. The molecule has 280 valence electrons. The number of benzene rings is 7. The summed E-state index contributed by atoms with van der Waals surface area (Å²) in [6, 6.07) is 65.1. The van der Waals surface area contributed by atoms with E-state index in [1.54, 1.807) is 0 Å². The van der Waals surface area contributed by atoms with Gasteiger partial charge in [-0.25, -0.2) is 0 Å². The first-order valence-electron chi connectivity index (χ1n) is 21.2. The Labute approximate surface area is 336 Å². The summed E-state index contributed by atoms with van der Waals surface area (Å²) in [6.45, 7) is 0. The van der Waals surface area contributed by atoms with Gasteiger partial charge in [0.2, 0.25) is 0 Å². The second-order valence-electron chi connectivity index (χ2n) is 16.2. The molecule has 0 amide bonds. The molecular formula is C56H56. The first-order valence-corrected chi connectivity index (χ1v) is 21.2. The fourth-order valence-electron chi connectivity index (χ4n) is 8.61. The van der Waals surface area contributed by atoms with Gasteiger partial charge in [0.1, 0.15) is 0 Å². The molecule has 0 spiro atoms. The van der Waals surface area contributed by atoms with Gasteiger partial charge in [-0.1, -0.05) is 170 Å². The Kier molecular flexibility index (Phi) is 12.7. The minimum absolute atomic E-state index is 1.08. The third-order valence-electron chi connectivity index (χ3n) is 11.9. The molecule has 0 saturated heterocycles. The lowest BCUT2D eigenvalue weighted by molar-refractivity contribution is 0.909. The van der Waals surface area contributed by atoms with Crippen molar-refractivity contribution in [1.29, 1.82) is 0 Å². The van der Waals surface area contributed by atoms with Crippen molar-refractivity contribution >= 4 is 0 Å². The van der Waals surface area contributed by atoms with E-state index < -0.39 is 0 Å². The van der Waals surface area contributed by atoms with E-state index in [0.29, 0.717) is 0 Å². The maximum atomic E-state index is 2.44. The number of aryl methyl sites for hydroxylation is 14. The van der Waals surface area contributed by atoms with Crippen molar-refractivity contribution in [3.63, 3.8) is 0 Å². The molecule has 0 fully saturated rings. The van der Waals surface area contributed by atoms with E-state index in [1.807, 2.05) is 0 Å². The summed E-state index contributed by atoms with van der Waals surface area (Å²) in [5.74, 6) is 0. The summed E-state index contributed by atoms with van der Waals surface area (Å²) in [6.07, 6.45) is 15.1. The van der Waals surface area contributed by atoms with Crippen molar-refractivity contribution in [2.45, 2.75) is 89.9 Å². The summed E-state index contributed by atoms with van der Waals surface area (Å²) in [4.78, 5) is 0. The van der Waals surface area contributed by atoms with Crippen LogP contribution in [0.15, 0.2) is 170 Å². The molecule has 14 bridgehead atoms. The van der Waals surface area contributed by atoms with Crippen molar-refractivity contribution in [2.75, 3.05) is 0 Å². The topological polar surface area (TPSA) is 0 Å². The van der Waals surface area contributed by atoms with Crippen LogP contribution in [0, 0.1) is 0 Å². The highest BCUT2D eigenvalue weighted by Crippen LogP contribution is 2.20. The van der Waals surface area contributed by atoms with Gasteiger partial charge in [0.15, 0.2) is 0 Å². The molecular weight excluding hydrogens is 673 g/mol. The molecule has 0 radical (unpaired) electrons. The Morgan fingerprint density at radius 1 is 0.143 bits per heavy atom. The Hall–Kier alpha value is -5.46. The van der Waals surface area contributed by atoms with E-state index in [4.69, 9.17) is 0 Å². The number of hydrogen-bond acceptors (Lipinski definition) is 0. The van der Waals surface area contributed by atoms with Crippen molar-refractivity contribution < 1.29 is 0 Å². The predicted molar refractivity (Wildman–Crippen MR) is 237 cm³/mol. The van der Waals surface area contributed by atoms with Crippen LogP contribution < -0.4 is 0 Å². The Morgan fingerprint density at radius 2 is 0.232 bits per heavy atom. The molecule has 0 heterocycles. The van der Waals surface area contributed by atoms with Crippen LogP contribution in [0.3, 0.4) is 0 Å². The molecule has 0 atom stereocenters. The summed E-state index contributed by atoms with van der Waals surface area (Å²) in [5, 5.41) is 0. The molecule has 7 aromatic rings. The van der Waals surface area contributed by atoms with Crippen LogP contribution in [0.25, 0.3) is 0 Å². The molecule has 8 rings (SSSR count). The SMILES string of the molecule is c1cc2cc(c1)CCc1cccc(c1)CCc1cccc(c1)CCc1cccc(c1)CCc1cccc(c1)CCc1cccc(c1)CCc1cccc(c1)CC2. The van der Waals surface area contributed by atoms with Crippen LogP contribution in [-0.2, 0) is 89.9 Å². The third kappa shape index (κ3) is 11.1. The molecule has 0 nitrogen and oxygen atoms in total. The predicted octanol–water partition coefficient (Wildman–Crippen LogP) is 12.5. The standard InChI is InChI=1S/C56H56/c1-8-43-22-24-45-10-2-12-47(37-45)26-28-49-14-4-16-51(39-49)30-32-53-18-6-20-55(41-53)34-35-56-21-7-19-54(42-56)33-31-52-17-5-15-50(40-52)29-27-48-13-3-11-46(38-48)25-23-44(9-1)36-43/h1-21,36-42H,22-35H2. The van der Waals surface area contributed by atoms with E-state index in [9.17, 15) is 0 Å². The van der Waals surface area contributed by atoms with E-state index in [0.717, 1.165) is 89.9 Å². The highest BCUT2D eigenvalue weighted by Gasteiger charge is 2.07. The van der Waals surface area contributed by atoms with Crippen molar-refractivity contribution in [3.05, 3.63) is 248 Å². The third-order valence-corrected chi connectivity index (χ3v) is 11.9. The van der Waals surface area contributed by atoms with Crippen LogP contribution in [0.5, 0.6) is 0 Å². The molecule has 0 N–H and O–H groups in total. The first-order chi connectivity index (χ1) is 27.6. The molecule has 0 aromatic heterocycles. The number of rotatable bonds is 0. The van der Waals surface area contributed by atoms with Gasteiger partial charge >= 0.3 is 0 Å². The quantitative estimate of drug-likeness (QED) is 0.146. The number of hydrogen-bond donors (Lipinski definition) is 0. The summed E-state index contributed by atoms with van der Waals surface area (Å²) in [7, 11) is 0. The minimum atomic E-state index is 1.08. The van der Waals surface area contributed by atoms with E-state index in [2.05, 4.69) is 170 Å². The maximum Gasteiger partial charge on any atom is -0.0238 e. The Morgan fingerprint density at radius 3 is 0.321 bits per heavy atom. The van der Waals surface area contributed by atoms with Gasteiger partial charge in [-0.3, -0.25) is 0 Å². The maximum absolute atomic E-state index is 2.44. The lowest BCUT2D eigenvalue weighted by atomic mass is 9.96. The molecule has 1 aliphatic rings. The lowest BCUT2D eigenvalue weighted by Crippen LogP contribution is -1.98. The van der Waals surface area contributed by atoms with Gasteiger partial charge in [-0.05, 0) is 168 Å². The summed E-state index contributed by atoms with van der Waals surface area (Å²) in [5.41, 5.74) is 20.1. The largest absolute Gasteiger partial charge is 0.0617 e. The van der Waals surface area contributed by atoms with Gasteiger partial charge < -0.3 is 0 Å². The zero-order chi connectivity index (χ0) is 37.8. The average Bonchev–Trinajstić information content (AvgIpc) is 3.25. The monoisotopic (exact) mass is 728 g/mol. The van der Waals surface area contributed by atoms with Gasteiger partial charge in [-0.2, -0.15) is 0 Å². The summed E-state index contributed by atoms with van der Waals surface area (Å²) < 4.78 is 0. The number of fused-ring (bicyclic) bond motifs is 14. The highest BCUT2D eigenvalue weighted by molar-refractivity contribution is 5.34. The average molecular weight is 729 g/mol. The van der Waals surface area contributed by atoms with Crippen LogP contribution >= 0.6 is 0 Å². The van der Waals surface area contributed by atoms with Crippen molar-refractivity contribution in [3.8, 4) is 0 Å². The minimum Gasteiger partial charge on any atom is -0.0617 e. The van der Waals surface area contributed by atoms with E-state index in [1.165, 1.54) is 77.9 Å². The zero-order valence-corrected chi connectivity index (χ0v) is 33.1. The van der Waals surface area contributed by atoms with Gasteiger partial charge in [0, 0.05) is 0 Å². The van der Waals surface area contributed by atoms with Crippen LogP contribution in [0.1, 0.15) is 77.9 Å². The molecule has 0 unspecified atom stereocenters. The molecule has 1 aliphatic carbocycles. The molecule has 7 aromatic carbocycles. The van der Waals surface area contributed by atoms with Crippen LogP contribution in [0.4, 0.5) is 0 Å². The van der Waals surface area contributed by atoms with E-state index >= 15 is 0 Å². The fraction of sp³-hybridized carbons (Fsp3) is 0.250. The van der Waals surface area contributed by atoms with Gasteiger partial charge in [-0.15, -0.1) is 0 Å². The van der Waals surface area contributed by atoms with Gasteiger partial charge in [0.05, 0.1) is 0 Å². The fourth-order valence-corrected chi connectivity index (χ4v) is 8.61. The van der Waals surface area contributed by atoms with Gasteiger partial charge in [0.25, 0.3) is 0 Å². The van der Waals surface area contributed by atoms with Crippen LogP contribution in [0.2, 0.25) is 0 Å². The smallest absolute Gasteiger partial charge is 0.0238 e. The normalized spacial score (nSPS) is 14.5. The van der Waals surface area contributed by atoms with Crippen molar-refractivity contribution in [1.82, 2.24) is 0 Å².